The highest BCUT2D eigenvalue weighted by molar-refractivity contribution is 7.17. The van der Waals surface area contributed by atoms with Crippen LogP contribution in [0.5, 0.6) is 0 Å². The topological polar surface area (TPSA) is 143 Å². The number of thiophene rings is 1. The molecule has 3 heterocycles. The molecule has 1 atom stereocenters. The van der Waals surface area contributed by atoms with Crippen molar-refractivity contribution in [2.24, 2.45) is 5.73 Å². The van der Waals surface area contributed by atoms with Gasteiger partial charge in [-0.1, -0.05) is 18.2 Å². The number of hydrogen-bond acceptors (Lipinski definition) is 8. The molecule has 0 aliphatic carbocycles. The van der Waals surface area contributed by atoms with Crippen LogP contribution in [0, 0.1) is 11.3 Å². The van der Waals surface area contributed by atoms with Crippen LogP contribution in [0.1, 0.15) is 55.1 Å². The molecule has 188 valence electrons. The predicted molar refractivity (Wildman–Crippen MR) is 137 cm³/mol. The smallest absolute Gasteiger partial charge is 0.407 e. The van der Waals surface area contributed by atoms with Gasteiger partial charge in [0.1, 0.15) is 15.8 Å². The van der Waals surface area contributed by atoms with Crippen LogP contribution in [0.25, 0.3) is 10.2 Å². The van der Waals surface area contributed by atoms with Crippen LogP contribution in [-0.4, -0.2) is 46.3 Å². The molecule has 1 saturated heterocycles. The number of benzene rings is 1. The van der Waals surface area contributed by atoms with Gasteiger partial charge in [-0.15, -0.1) is 11.3 Å². The number of aromatic nitrogens is 2. The zero-order valence-corrected chi connectivity index (χ0v) is 21.2. The Hall–Kier alpha value is -3.91. The van der Waals surface area contributed by atoms with Crippen LogP contribution in [0.4, 0.5) is 10.7 Å². The Bertz CT molecular complexity index is 1410. The number of anilines is 1. The van der Waals surface area contributed by atoms with Crippen molar-refractivity contribution in [2.75, 3.05) is 18.0 Å². The number of nitrogens with one attached hydrogen (secondary N) is 1. The van der Waals surface area contributed by atoms with Gasteiger partial charge in [-0.3, -0.25) is 14.2 Å². The highest BCUT2D eigenvalue weighted by Crippen LogP contribution is 2.26. The van der Waals surface area contributed by atoms with Crippen molar-refractivity contribution in [3.05, 3.63) is 56.7 Å². The maximum atomic E-state index is 13.6. The molecule has 2 amide bonds. The fraction of sp³-hybridized carbons (Fsp3) is 0.400. The molecule has 0 spiro atoms. The Kier molecular flexibility index (Phi) is 6.99. The summed E-state index contributed by atoms with van der Waals surface area (Å²) in [6.07, 6.45) is 0.979. The summed E-state index contributed by atoms with van der Waals surface area (Å²) in [5.41, 5.74) is 6.19. The van der Waals surface area contributed by atoms with E-state index in [0.717, 1.165) is 24.2 Å². The standard InChI is InChI=1S/C25H28N6O4S/c1-25(2,3)35-24(34)28-17-9-6-10-30(13-17)23-29-19-18(21(27)32)14-36-20(19)22(33)31(23)12-16-8-5-4-7-15(16)11-26/h4-5,7-8,14,17H,6,9-10,12-13H2,1-3H3,(H2,27,32)(H,28,34)/t17-/m1/s1. The van der Waals surface area contributed by atoms with E-state index < -0.39 is 17.6 Å². The largest absolute Gasteiger partial charge is 0.444 e. The number of carbonyl (C=O) groups is 2. The number of nitrogens with two attached hydrogens (primary N) is 1. The number of ether oxygens (including phenoxy) is 1. The van der Waals surface area contributed by atoms with E-state index in [0.29, 0.717) is 34.9 Å². The maximum Gasteiger partial charge on any atom is 0.407 e. The number of nitriles is 1. The average Bonchev–Trinajstić information content (AvgIpc) is 3.24. The zero-order valence-electron chi connectivity index (χ0n) is 20.4. The van der Waals surface area contributed by atoms with Crippen molar-refractivity contribution in [2.45, 2.75) is 51.8 Å². The summed E-state index contributed by atoms with van der Waals surface area (Å²) in [6.45, 7) is 6.52. The van der Waals surface area contributed by atoms with Gasteiger partial charge in [-0.05, 0) is 45.2 Å². The van der Waals surface area contributed by atoms with Gasteiger partial charge < -0.3 is 20.7 Å². The quantitative estimate of drug-likeness (QED) is 0.539. The fourth-order valence-electron chi connectivity index (χ4n) is 4.24. The second-order valence-corrected chi connectivity index (χ2v) is 10.6. The normalized spacial score (nSPS) is 15.9. The lowest BCUT2D eigenvalue weighted by Crippen LogP contribution is -2.50. The monoisotopic (exact) mass is 508 g/mol. The van der Waals surface area contributed by atoms with Crippen LogP contribution < -0.4 is 21.5 Å². The minimum Gasteiger partial charge on any atom is -0.444 e. The third-order valence-corrected chi connectivity index (χ3v) is 6.77. The SMILES string of the molecule is CC(C)(C)OC(=O)N[C@@H]1CCCN(c2nc3c(C(N)=O)csc3c(=O)n2Cc2ccccc2C#N)C1. The molecular formula is C25H28N6O4S. The van der Waals surface area contributed by atoms with Crippen LogP contribution >= 0.6 is 11.3 Å². The first-order valence-corrected chi connectivity index (χ1v) is 12.5. The molecular weight excluding hydrogens is 480 g/mol. The molecule has 4 rings (SSSR count). The first kappa shape index (κ1) is 25.2. The molecule has 0 saturated carbocycles. The van der Waals surface area contributed by atoms with Crippen LogP contribution in [0.2, 0.25) is 0 Å². The van der Waals surface area contributed by atoms with E-state index in [9.17, 15) is 19.6 Å². The Labute approximate surface area is 212 Å². The Morgan fingerprint density at radius 3 is 2.78 bits per heavy atom. The van der Waals surface area contributed by atoms with E-state index >= 15 is 0 Å². The molecule has 1 aromatic carbocycles. The number of amides is 2. The average molecular weight is 509 g/mol. The van der Waals surface area contributed by atoms with Crippen molar-refractivity contribution in [3.63, 3.8) is 0 Å². The maximum absolute atomic E-state index is 13.6. The Balaban J connectivity index is 1.75. The van der Waals surface area contributed by atoms with Crippen molar-refractivity contribution in [3.8, 4) is 6.07 Å². The number of fused-ring (bicyclic) bond motifs is 1. The highest BCUT2D eigenvalue weighted by atomic mass is 32.1. The summed E-state index contributed by atoms with van der Waals surface area (Å²) in [7, 11) is 0. The van der Waals surface area contributed by atoms with E-state index in [1.807, 2.05) is 11.0 Å². The Morgan fingerprint density at radius 1 is 1.33 bits per heavy atom. The molecule has 0 bridgehead atoms. The van der Waals surface area contributed by atoms with E-state index in [4.69, 9.17) is 15.5 Å². The van der Waals surface area contributed by atoms with Crippen LogP contribution in [0.3, 0.4) is 0 Å². The number of carbonyl (C=O) groups excluding carboxylic acids is 2. The van der Waals surface area contributed by atoms with E-state index in [1.54, 1.807) is 44.4 Å². The van der Waals surface area contributed by atoms with Crippen molar-refractivity contribution in [1.82, 2.24) is 14.9 Å². The number of nitrogens with zero attached hydrogens (tertiary/aromatic N) is 4. The lowest BCUT2D eigenvalue weighted by molar-refractivity contribution is 0.0499. The molecule has 1 aliphatic heterocycles. The second-order valence-electron chi connectivity index (χ2n) is 9.69. The number of alkyl carbamates (subject to hydrolysis) is 1. The van der Waals surface area contributed by atoms with E-state index in [1.165, 1.54) is 4.57 Å². The van der Waals surface area contributed by atoms with Gasteiger partial charge in [0.25, 0.3) is 11.5 Å². The molecule has 3 aromatic rings. The molecule has 0 unspecified atom stereocenters. The van der Waals surface area contributed by atoms with Crippen molar-refractivity contribution < 1.29 is 14.3 Å². The van der Waals surface area contributed by atoms with Crippen molar-refractivity contribution >= 4 is 39.5 Å². The zero-order chi connectivity index (χ0) is 26.0. The molecule has 11 heteroatoms. The summed E-state index contributed by atoms with van der Waals surface area (Å²) in [6, 6.07) is 9.02. The summed E-state index contributed by atoms with van der Waals surface area (Å²) in [5.74, 6) is -0.299. The summed E-state index contributed by atoms with van der Waals surface area (Å²) in [4.78, 5) is 44.6. The highest BCUT2D eigenvalue weighted by Gasteiger charge is 2.28. The molecule has 10 nitrogen and oxygen atoms in total. The van der Waals surface area contributed by atoms with Crippen LogP contribution in [0.15, 0.2) is 34.4 Å². The van der Waals surface area contributed by atoms with E-state index in [-0.39, 0.29) is 29.2 Å². The molecule has 0 radical (unpaired) electrons. The summed E-state index contributed by atoms with van der Waals surface area (Å²) in [5, 5.41) is 14.0. The molecule has 3 N–H and O–H groups in total. The van der Waals surface area contributed by atoms with Gasteiger partial charge in [0.05, 0.1) is 23.7 Å². The minimum atomic E-state index is -0.658. The number of rotatable bonds is 5. The molecule has 36 heavy (non-hydrogen) atoms. The van der Waals surface area contributed by atoms with Gasteiger partial charge in [-0.25, -0.2) is 9.78 Å². The third-order valence-electron chi connectivity index (χ3n) is 5.81. The van der Waals surface area contributed by atoms with Gasteiger partial charge in [0.2, 0.25) is 5.95 Å². The third kappa shape index (κ3) is 5.33. The van der Waals surface area contributed by atoms with Gasteiger partial charge in [-0.2, -0.15) is 5.26 Å². The lowest BCUT2D eigenvalue weighted by atomic mass is 10.1. The second kappa shape index (κ2) is 9.99. The first-order valence-electron chi connectivity index (χ1n) is 11.6. The fourth-order valence-corrected chi connectivity index (χ4v) is 5.18. The number of hydrogen-bond donors (Lipinski definition) is 2. The number of primary amides is 1. The minimum absolute atomic E-state index is 0.130. The van der Waals surface area contributed by atoms with Gasteiger partial charge in [0, 0.05) is 24.5 Å². The molecule has 1 fully saturated rings. The van der Waals surface area contributed by atoms with E-state index in [2.05, 4.69) is 11.4 Å². The van der Waals surface area contributed by atoms with Crippen LogP contribution in [-0.2, 0) is 11.3 Å². The molecule has 1 aliphatic rings. The lowest BCUT2D eigenvalue weighted by Gasteiger charge is -2.35. The van der Waals surface area contributed by atoms with Gasteiger partial charge in [0.15, 0.2) is 0 Å². The number of piperidine rings is 1. The van der Waals surface area contributed by atoms with Crippen molar-refractivity contribution in [1.29, 1.82) is 5.26 Å². The predicted octanol–water partition coefficient (Wildman–Crippen LogP) is 2.97. The molecule has 2 aromatic heterocycles. The summed E-state index contributed by atoms with van der Waals surface area (Å²) >= 11 is 1.12. The van der Waals surface area contributed by atoms with Gasteiger partial charge >= 0.3 is 6.09 Å². The summed E-state index contributed by atoms with van der Waals surface area (Å²) < 4.78 is 7.24. The Morgan fingerprint density at radius 2 is 2.08 bits per heavy atom. The first-order chi connectivity index (χ1) is 17.1.